The molecule has 3 rings (SSSR count). The van der Waals surface area contributed by atoms with Gasteiger partial charge in [-0.25, -0.2) is 14.4 Å². The molecule has 1 aromatic heterocycles. The standard InChI is InChI=1S/C18H20FN3O3/c19-15-2-1-3-17(9-15)25-12-18(23)22-6-7-24-11-14(10-22)8-16-4-5-20-13-21-16/h1-5,9,13-14H,6-8,10-12H2. The Hall–Kier alpha value is -2.54. The van der Waals surface area contributed by atoms with Crippen LogP contribution in [0.4, 0.5) is 4.39 Å². The van der Waals surface area contributed by atoms with Crippen LogP contribution in [0.15, 0.2) is 42.9 Å². The molecule has 0 aliphatic carbocycles. The number of rotatable bonds is 5. The van der Waals surface area contributed by atoms with Gasteiger partial charge in [0.2, 0.25) is 0 Å². The first-order valence-electron chi connectivity index (χ1n) is 8.19. The molecule has 1 aliphatic rings. The van der Waals surface area contributed by atoms with Crippen molar-refractivity contribution < 1.29 is 18.7 Å². The van der Waals surface area contributed by atoms with Crippen molar-refractivity contribution in [2.75, 3.05) is 32.9 Å². The minimum absolute atomic E-state index is 0.121. The van der Waals surface area contributed by atoms with E-state index in [-0.39, 0.29) is 18.4 Å². The van der Waals surface area contributed by atoms with E-state index in [1.807, 2.05) is 6.07 Å². The minimum Gasteiger partial charge on any atom is -0.484 e. The predicted octanol–water partition coefficient (Wildman–Crippen LogP) is 1.71. The normalized spacial score (nSPS) is 17.8. The van der Waals surface area contributed by atoms with E-state index in [0.717, 1.165) is 12.1 Å². The van der Waals surface area contributed by atoms with Gasteiger partial charge in [-0.2, -0.15) is 0 Å². The summed E-state index contributed by atoms with van der Waals surface area (Å²) in [7, 11) is 0. The maximum absolute atomic E-state index is 13.2. The van der Waals surface area contributed by atoms with Crippen molar-refractivity contribution >= 4 is 5.91 Å². The Labute approximate surface area is 145 Å². The quantitative estimate of drug-likeness (QED) is 0.825. The topological polar surface area (TPSA) is 64.5 Å². The zero-order chi connectivity index (χ0) is 17.5. The van der Waals surface area contributed by atoms with Gasteiger partial charge in [0.15, 0.2) is 6.61 Å². The molecule has 1 aliphatic heterocycles. The Morgan fingerprint density at radius 2 is 2.32 bits per heavy atom. The fourth-order valence-corrected chi connectivity index (χ4v) is 2.76. The molecule has 132 valence electrons. The molecule has 1 amide bonds. The van der Waals surface area contributed by atoms with E-state index in [0.29, 0.717) is 32.1 Å². The summed E-state index contributed by atoms with van der Waals surface area (Å²) in [5, 5.41) is 0. The molecule has 0 saturated carbocycles. The van der Waals surface area contributed by atoms with Crippen LogP contribution in [0.3, 0.4) is 0 Å². The number of nitrogens with zero attached hydrogens (tertiary/aromatic N) is 3. The van der Waals surface area contributed by atoms with Crippen molar-refractivity contribution in [1.29, 1.82) is 0 Å². The molecule has 2 aromatic rings. The third-order valence-corrected chi connectivity index (χ3v) is 3.99. The van der Waals surface area contributed by atoms with Crippen molar-refractivity contribution in [2.45, 2.75) is 6.42 Å². The monoisotopic (exact) mass is 345 g/mol. The van der Waals surface area contributed by atoms with E-state index >= 15 is 0 Å². The summed E-state index contributed by atoms with van der Waals surface area (Å²) in [6, 6.07) is 7.63. The van der Waals surface area contributed by atoms with Crippen LogP contribution in [-0.2, 0) is 16.0 Å². The summed E-state index contributed by atoms with van der Waals surface area (Å²) in [6.45, 7) is 2.05. The van der Waals surface area contributed by atoms with Crippen LogP contribution >= 0.6 is 0 Å². The molecule has 1 aromatic carbocycles. The van der Waals surface area contributed by atoms with Crippen LogP contribution in [0.25, 0.3) is 0 Å². The number of carbonyl (C=O) groups is 1. The summed E-state index contributed by atoms with van der Waals surface area (Å²) >= 11 is 0. The first kappa shape index (κ1) is 17.3. The zero-order valence-electron chi connectivity index (χ0n) is 13.8. The van der Waals surface area contributed by atoms with Gasteiger partial charge in [-0.1, -0.05) is 6.07 Å². The van der Waals surface area contributed by atoms with Gasteiger partial charge in [0, 0.05) is 37.0 Å². The average Bonchev–Trinajstić information content (AvgIpc) is 2.86. The third kappa shape index (κ3) is 5.22. The van der Waals surface area contributed by atoms with Crippen molar-refractivity contribution in [3.8, 4) is 5.75 Å². The van der Waals surface area contributed by atoms with Gasteiger partial charge in [0.1, 0.15) is 17.9 Å². The van der Waals surface area contributed by atoms with E-state index < -0.39 is 5.82 Å². The van der Waals surface area contributed by atoms with E-state index in [1.165, 1.54) is 18.5 Å². The third-order valence-electron chi connectivity index (χ3n) is 3.99. The van der Waals surface area contributed by atoms with Gasteiger partial charge >= 0.3 is 0 Å². The maximum Gasteiger partial charge on any atom is 0.260 e. The minimum atomic E-state index is -0.391. The van der Waals surface area contributed by atoms with Gasteiger partial charge in [0.05, 0.1) is 13.2 Å². The molecule has 1 unspecified atom stereocenters. The Bertz CT molecular complexity index is 699. The van der Waals surface area contributed by atoms with Crippen LogP contribution in [0.5, 0.6) is 5.75 Å². The van der Waals surface area contributed by atoms with Gasteiger partial charge < -0.3 is 14.4 Å². The molecule has 25 heavy (non-hydrogen) atoms. The highest BCUT2D eigenvalue weighted by molar-refractivity contribution is 5.77. The molecule has 1 saturated heterocycles. The molecule has 7 heteroatoms. The molecule has 1 fully saturated rings. The lowest BCUT2D eigenvalue weighted by molar-refractivity contribution is -0.133. The fourth-order valence-electron chi connectivity index (χ4n) is 2.76. The van der Waals surface area contributed by atoms with Crippen molar-refractivity contribution in [3.05, 3.63) is 54.4 Å². The number of amides is 1. The fraction of sp³-hybridized carbons (Fsp3) is 0.389. The average molecular weight is 345 g/mol. The molecular formula is C18H20FN3O3. The Morgan fingerprint density at radius 3 is 3.12 bits per heavy atom. The van der Waals surface area contributed by atoms with Crippen LogP contribution in [-0.4, -0.2) is 53.7 Å². The highest BCUT2D eigenvalue weighted by atomic mass is 19.1. The molecule has 6 nitrogen and oxygen atoms in total. The van der Waals surface area contributed by atoms with Gasteiger partial charge in [0.25, 0.3) is 5.91 Å². The van der Waals surface area contributed by atoms with Crippen LogP contribution in [0, 0.1) is 11.7 Å². The maximum atomic E-state index is 13.2. The molecule has 0 radical (unpaired) electrons. The SMILES string of the molecule is O=C(COc1cccc(F)c1)N1CCOCC(Cc2ccncn2)C1. The Morgan fingerprint density at radius 1 is 1.40 bits per heavy atom. The number of benzene rings is 1. The predicted molar refractivity (Wildman–Crippen MR) is 88.5 cm³/mol. The van der Waals surface area contributed by atoms with Gasteiger partial charge in [-0.05, 0) is 24.6 Å². The number of halogens is 1. The highest BCUT2D eigenvalue weighted by Crippen LogP contribution is 2.14. The van der Waals surface area contributed by atoms with Crippen molar-refractivity contribution in [2.24, 2.45) is 5.92 Å². The van der Waals surface area contributed by atoms with Crippen molar-refractivity contribution in [1.82, 2.24) is 14.9 Å². The lowest BCUT2D eigenvalue weighted by Crippen LogP contribution is -2.39. The second kappa shape index (κ2) is 8.53. The summed E-state index contributed by atoms with van der Waals surface area (Å²) in [5.41, 5.74) is 0.925. The molecule has 0 N–H and O–H groups in total. The molecular weight excluding hydrogens is 325 g/mol. The van der Waals surface area contributed by atoms with E-state index in [2.05, 4.69) is 9.97 Å². The van der Waals surface area contributed by atoms with Crippen molar-refractivity contribution in [3.63, 3.8) is 0 Å². The molecule has 0 bridgehead atoms. The number of carbonyl (C=O) groups excluding carboxylic acids is 1. The van der Waals surface area contributed by atoms with Gasteiger partial charge in [-0.3, -0.25) is 4.79 Å². The lowest BCUT2D eigenvalue weighted by atomic mass is 10.0. The second-order valence-corrected chi connectivity index (χ2v) is 5.93. The van der Waals surface area contributed by atoms with E-state index in [4.69, 9.17) is 9.47 Å². The lowest BCUT2D eigenvalue weighted by Gasteiger charge is -2.23. The largest absolute Gasteiger partial charge is 0.484 e. The van der Waals surface area contributed by atoms with E-state index in [9.17, 15) is 9.18 Å². The molecule has 2 heterocycles. The second-order valence-electron chi connectivity index (χ2n) is 5.93. The number of hydrogen-bond acceptors (Lipinski definition) is 5. The first-order valence-corrected chi connectivity index (χ1v) is 8.19. The Kier molecular flexibility index (Phi) is 5.90. The number of hydrogen-bond donors (Lipinski definition) is 0. The smallest absolute Gasteiger partial charge is 0.260 e. The van der Waals surface area contributed by atoms with Gasteiger partial charge in [-0.15, -0.1) is 0 Å². The Balaban J connectivity index is 1.55. The molecule has 0 spiro atoms. The van der Waals surface area contributed by atoms with Crippen LogP contribution in [0.2, 0.25) is 0 Å². The van der Waals surface area contributed by atoms with Crippen LogP contribution in [0.1, 0.15) is 5.69 Å². The summed E-state index contributed by atoms with van der Waals surface area (Å²) in [6.07, 6.45) is 3.94. The van der Waals surface area contributed by atoms with E-state index in [1.54, 1.807) is 23.2 Å². The highest BCUT2D eigenvalue weighted by Gasteiger charge is 2.23. The molecule has 1 atom stereocenters. The summed E-state index contributed by atoms with van der Waals surface area (Å²) in [4.78, 5) is 22.3. The van der Waals surface area contributed by atoms with Crippen LogP contribution < -0.4 is 4.74 Å². The zero-order valence-corrected chi connectivity index (χ0v) is 13.8. The summed E-state index contributed by atoms with van der Waals surface area (Å²) in [5.74, 6) is -0.0204. The first-order chi connectivity index (χ1) is 12.2. The number of ether oxygens (including phenoxy) is 2. The number of aromatic nitrogens is 2. The summed E-state index contributed by atoms with van der Waals surface area (Å²) < 4.78 is 24.2.